The molecule has 0 radical (unpaired) electrons. The second-order valence-electron chi connectivity index (χ2n) is 4.93. The summed E-state index contributed by atoms with van der Waals surface area (Å²) in [5.41, 5.74) is 0. The number of likely N-dealkylation sites (N-methyl/N-ethyl adjacent to an activating group) is 1. The van der Waals surface area contributed by atoms with Crippen molar-refractivity contribution in [2.75, 3.05) is 33.2 Å². The fraction of sp³-hybridized carbons (Fsp3) is 0.917. The summed E-state index contributed by atoms with van der Waals surface area (Å²) in [6.45, 7) is 3.53. The Balaban J connectivity index is 1.74. The van der Waals surface area contributed by atoms with Crippen molar-refractivity contribution in [3.63, 3.8) is 0 Å². The topological polar surface area (TPSA) is 32.8 Å². The number of nitrogens with zero attached hydrogens (tertiary/aromatic N) is 2. The van der Waals surface area contributed by atoms with Gasteiger partial charge >= 0.3 is 6.09 Å². The molecule has 1 aliphatic heterocycles. The summed E-state index contributed by atoms with van der Waals surface area (Å²) in [4.78, 5) is 15.9. The van der Waals surface area contributed by atoms with Crippen molar-refractivity contribution >= 4 is 6.09 Å². The molecule has 92 valence electrons. The lowest BCUT2D eigenvalue weighted by Gasteiger charge is -2.33. The number of carbonyl (C=O) groups excluding carboxylic acids is 1. The summed E-state index contributed by atoms with van der Waals surface area (Å²) >= 11 is 0. The lowest BCUT2D eigenvalue weighted by atomic mass is 9.98. The number of hydrogen-bond acceptors (Lipinski definition) is 3. The molecule has 1 aliphatic carbocycles. The van der Waals surface area contributed by atoms with Gasteiger partial charge in [-0.2, -0.15) is 0 Å². The molecule has 1 saturated heterocycles. The van der Waals surface area contributed by atoms with Crippen LogP contribution in [0.5, 0.6) is 0 Å². The van der Waals surface area contributed by atoms with Crippen molar-refractivity contribution in [3.05, 3.63) is 0 Å². The Labute approximate surface area is 97.5 Å². The SMILES string of the molecule is CN1CCN(C(=O)OC2CCCCC2)CC1. The van der Waals surface area contributed by atoms with Crippen molar-refractivity contribution < 1.29 is 9.53 Å². The maximum atomic E-state index is 11.9. The number of ether oxygens (including phenoxy) is 1. The third kappa shape index (κ3) is 3.11. The van der Waals surface area contributed by atoms with E-state index in [1.807, 2.05) is 4.90 Å². The van der Waals surface area contributed by atoms with Gasteiger partial charge < -0.3 is 14.5 Å². The Morgan fingerprint density at radius 1 is 1.06 bits per heavy atom. The normalized spacial score (nSPS) is 24.4. The highest BCUT2D eigenvalue weighted by Crippen LogP contribution is 2.21. The Kier molecular flexibility index (Phi) is 4.04. The molecule has 0 unspecified atom stereocenters. The predicted octanol–water partition coefficient (Wildman–Crippen LogP) is 1.70. The van der Waals surface area contributed by atoms with Crippen molar-refractivity contribution in [2.45, 2.75) is 38.2 Å². The molecule has 4 heteroatoms. The van der Waals surface area contributed by atoms with Gasteiger partial charge in [-0.15, -0.1) is 0 Å². The van der Waals surface area contributed by atoms with Crippen molar-refractivity contribution in [1.82, 2.24) is 9.80 Å². The zero-order valence-electron chi connectivity index (χ0n) is 10.2. The number of rotatable bonds is 1. The van der Waals surface area contributed by atoms with E-state index in [4.69, 9.17) is 4.74 Å². The first-order chi connectivity index (χ1) is 7.75. The van der Waals surface area contributed by atoms with Crippen LogP contribution in [0.1, 0.15) is 32.1 Å². The quantitative estimate of drug-likeness (QED) is 0.682. The molecule has 2 fully saturated rings. The number of amides is 1. The fourth-order valence-electron chi connectivity index (χ4n) is 2.39. The van der Waals surface area contributed by atoms with E-state index in [2.05, 4.69) is 11.9 Å². The summed E-state index contributed by atoms with van der Waals surface area (Å²) in [6.07, 6.45) is 5.91. The van der Waals surface area contributed by atoms with Crippen LogP contribution in [-0.2, 0) is 4.74 Å². The molecule has 4 nitrogen and oxygen atoms in total. The molecule has 0 spiro atoms. The molecule has 0 aromatic heterocycles. The maximum absolute atomic E-state index is 11.9. The zero-order valence-corrected chi connectivity index (χ0v) is 10.2. The van der Waals surface area contributed by atoms with Gasteiger partial charge in [-0.25, -0.2) is 4.79 Å². The second kappa shape index (κ2) is 5.53. The minimum Gasteiger partial charge on any atom is -0.446 e. The van der Waals surface area contributed by atoms with Crippen molar-refractivity contribution in [2.24, 2.45) is 0 Å². The summed E-state index contributed by atoms with van der Waals surface area (Å²) in [5.74, 6) is 0. The highest BCUT2D eigenvalue weighted by molar-refractivity contribution is 5.68. The van der Waals surface area contributed by atoms with Crippen LogP contribution >= 0.6 is 0 Å². The average molecular weight is 226 g/mol. The second-order valence-corrected chi connectivity index (χ2v) is 4.93. The molecule has 1 amide bonds. The van der Waals surface area contributed by atoms with Crippen LogP contribution in [0, 0.1) is 0 Å². The summed E-state index contributed by atoms with van der Waals surface area (Å²) in [5, 5.41) is 0. The van der Waals surface area contributed by atoms with Crippen LogP contribution in [0.25, 0.3) is 0 Å². The van der Waals surface area contributed by atoms with Gasteiger partial charge in [-0.3, -0.25) is 0 Å². The molecule has 2 rings (SSSR count). The van der Waals surface area contributed by atoms with Crippen LogP contribution in [0.3, 0.4) is 0 Å². The molecule has 2 aliphatic rings. The first kappa shape index (κ1) is 11.7. The first-order valence-corrected chi connectivity index (χ1v) is 6.40. The van der Waals surface area contributed by atoms with Crippen molar-refractivity contribution in [3.8, 4) is 0 Å². The monoisotopic (exact) mass is 226 g/mol. The van der Waals surface area contributed by atoms with Gasteiger partial charge in [0.05, 0.1) is 0 Å². The van der Waals surface area contributed by atoms with Crippen LogP contribution in [0.15, 0.2) is 0 Å². The molecule has 0 atom stereocenters. The number of carbonyl (C=O) groups is 1. The van der Waals surface area contributed by atoms with E-state index < -0.39 is 0 Å². The van der Waals surface area contributed by atoms with Crippen molar-refractivity contribution in [1.29, 1.82) is 0 Å². The van der Waals surface area contributed by atoms with Gasteiger partial charge in [-0.1, -0.05) is 6.42 Å². The number of hydrogen-bond donors (Lipinski definition) is 0. The molecular formula is C12H22N2O2. The van der Waals surface area contributed by atoms with Gasteiger partial charge in [-0.05, 0) is 32.7 Å². The zero-order chi connectivity index (χ0) is 11.4. The minimum absolute atomic E-state index is 0.0972. The summed E-state index contributed by atoms with van der Waals surface area (Å²) < 4.78 is 5.53. The highest BCUT2D eigenvalue weighted by atomic mass is 16.6. The third-order valence-electron chi connectivity index (χ3n) is 3.58. The first-order valence-electron chi connectivity index (χ1n) is 6.40. The Hall–Kier alpha value is -0.770. The van der Waals surface area contributed by atoms with Gasteiger partial charge in [0.2, 0.25) is 0 Å². The maximum Gasteiger partial charge on any atom is 0.410 e. The molecule has 0 aromatic rings. The molecule has 0 bridgehead atoms. The van der Waals surface area contributed by atoms with Crippen LogP contribution in [0.4, 0.5) is 4.79 Å². The molecule has 0 N–H and O–H groups in total. The lowest BCUT2D eigenvalue weighted by molar-refractivity contribution is 0.0354. The van der Waals surface area contributed by atoms with E-state index in [9.17, 15) is 4.79 Å². The van der Waals surface area contributed by atoms with E-state index in [-0.39, 0.29) is 12.2 Å². The Morgan fingerprint density at radius 3 is 2.31 bits per heavy atom. The summed E-state index contributed by atoms with van der Waals surface area (Å²) in [6, 6.07) is 0. The Bertz CT molecular complexity index is 231. The molecule has 0 aromatic carbocycles. The highest BCUT2D eigenvalue weighted by Gasteiger charge is 2.24. The van der Waals surface area contributed by atoms with Crippen LogP contribution in [0.2, 0.25) is 0 Å². The smallest absolute Gasteiger partial charge is 0.410 e. The lowest BCUT2D eigenvalue weighted by Crippen LogP contribution is -2.48. The van der Waals surface area contributed by atoms with Crippen LogP contribution < -0.4 is 0 Å². The van der Waals surface area contributed by atoms with E-state index in [1.165, 1.54) is 19.3 Å². The molecule has 1 saturated carbocycles. The standard InChI is InChI=1S/C12H22N2O2/c1-13-7-9-14(10-8-13)12(15)16-11-5-3-2-4-6-11/h11H,2-10H2,1H3. The van der Waals surface area contributed by atoms with Gasteiger partial charge in [0.25, 0.3) is 0 Å². The van der Waals surface area contributed by atoms with E-state index in [1.54, 1.807) is 0 Å². The number of piperazine rings is 1. The predicted molar refractivity (Wildman–Crippen MR) is 62.4 cm³/mol. The third-order valence-corrected chi connectivity index (χ3v) is 3.58. The van der Waals surface area contributed by atoms with Gasteiger partial charge in [0.1, 0.15) is 6.10 Å². The largest absolute Gasteiger partial charge is 0.446 e. The van der Waals surface area contributed by atoms with Gasteiger partial charge in [0.15, 0.2) is 0 Å². The Morgan fingerprint density at radius 2 is 1.69 bits per heavy atom. The van der Waals surface area contributed by atoms with E-state index >= 15 is 0 Å². The fourth-order valence-corrected chi connectivity index (χ4v) is 2.39. The summed E-state index contributed by atoms with van der Waals surface area (Å²) in [7, 11) is 2.09. The molecular weight excluding hydrogens is 204 g/mol. The van der Waals surface area contributed by atoms with Gasteiger partial charge in [0, 0.05) is 26.2 Å². The molecule has 1 heterocycles. The molecule has 16 heavy (non-hydrogen) atoms. The average Bonchev–Trinajstić information content (AvgIpc) is 2.31. The minimum atomic E-state index is -0.0972. The van der Waals surface area contributed by atoms with Crippen LogP contribution in [-0.4, -0.2) is 55.2 Å². The van der Waals surface area contributed by atoms with E-state index in [0.717, 1.165) is 39.0 Å². The van der Waals surface area contributed by atoms with E-state index in [0.29, 0.717) is 0 Å².